The summed E-state index contributed by atoms with van der Waals surface area (Å²) in [5.41, 5.74) is 4.86. The Balaban J connectivity index is 2.08. The second kappa shape index (κ2) is 8.27. The zero-order chi connectivity index (χ0) is 21.3. The molecule has 1 aliphatic rings. The highest BCUT2D eigenvalue weighted by atomic mass is 16.6. The third-order valence-electron chi connectivity index (χ3n) is 5.50. The molecule has 0 radical (unpaired) electrons. The second-order valence-electron chi connectivity index (χ2n) is 7.83. The van der Waals surface area contributed by atoms with Crippen molar-refractivity contribution in [3.05, 3.63) is 40.7 Å². The van der Waals surface area contributed by atoms with E-state index >= 15 is 0 Å². The first kappa shape index (κ1) is 20.9. The predicted molar refractivity (Wildman–Crippen MR) is 114 cm³/mol. The molecule has 0 aliphatic carbocycles. The number of rotatable bonds is 4. The van der Waals surface area contributed by atoms with Gasteiger partial charge in [0.15, 0.2) is 0 Å². The second-order valence-corrected chi connectivity index (χ2v) is 7.83. The van der Waals surface area contributed by atoms with Crippen LogP contribution in [0.2, 0.25) is 0 Å². The van der Waals surface area contributed by atoms with Gasteiger partial charge in [-0.2, -0.15) is 5.10 Å². The largest absolute Gasteiger partial charge is 0.449 e. The van der Waals surface area contributed by atoms with Crippen LogP contribution in [0.15, 0.2) is 18.2 Å². The number of carbonyl (C=O) groups is 2. The molecule has 2 amide bonds. The SMILES string of the molecule is CCOC(=O)N1c2cc(C)c(C)cc2N(C(=O)c2cc(C(C)C)n[nH]2)CC1CC. The monoisotopic (exact) mass is 398 g/mol. The number of carbonyl (C=O) groups excluding carboxylic acids is 2. The van der Waals surface area contributed by atoms with Crippen molar-refractivity contribution in [2.75, 3.05) is 23.0 Å². The van der Waals surface area contributed by atoms with Crippen molar-refractivity contribution < 1.29 is 14.3 Å². The third kappa shape index (κ3) is 3.86. The van der Waals surface area contributed by atoms with Gasteiger partial charge in [-0.25, -0.2) is 4.79 Å². The fourth-order valence-electron chi connectivity index (χ4n) is 3.61. The van der Waals surface area contributed by atoms with Crippen LogP contribution in [0, 0.1) is 13.8 Å². The lowest BCUT2D eigenvalue weighted by Gasteiger charge is -2.41. The summed E-state index contributed by atoms with van der Waals surface area (Å²) >= 11 is 0. The smallest absolute Gasteiger partial charge is 0.414 e. The van der Waals surface area contributed by atoms with Crippen molar-refractivity contribution in [3.8, 4) is 0 Å². The molecule has 1 aromatic carbocycles. The molecule has 0 saturated heterocycles. The summed E-state index contributed by atoms with van der Waals surface area (Å²) in [4.78, 5) is 29.6. The Hall–Kier alpha value is -2.83. The van der Waals surface area contributed by atoms with Gasteiger partial charge in [0.2, 0.25) is 0 Å². The number of aromatic amines is 1. The van der Waals surface area contributed by atoms with Gasteiger partial charge in [0.1, 0.15) is 5.69 Å². The molecule has 7 heteroatoms. The molecule has 29 heavy (non-hydrogen) atoms. The number of benzene rings is 1. The van der Waals surface area contributed by atoms with E-state index in [1.54, 1.807) is 16.7 Å². The Kier molecular flexibility index (Phi) is 5.96. The molecule has 1 aliphatic heterocycles. The number of amides is 2. The summed E-state index contributed by atoms with van der Waals surface area (Å²) in [6, 6.07) is 5.59. The molecule has 0 fully saturated rings. The fourth-order valence-corrected chi connectivity index (χ4v) is 3.61. The maximum absolute atomic E-state index is 13.4. The number of nitrogens with zero attached hydrogens (tertiary/aromatic N) is 3. The minimum absolute atomic E-state index is 0.143. The Bertz CT molecular complexity index is 919. The Morgan fingerprint density at radius 1 is 1.17 bits per heavy atom. The number of ether oxygens (including phenoxy) is 1. The van der Waals surface area contributed by atoms with Crippen LogP contribution in [0.5, 0.6) is 0 Å². The van der Waals surface area contributed by atoms with Crippen molar-refractivity contribution in [1.82, 2.24) is 10.2 Å². The van der Waals surface area contributed by atoms with Crippen molar-refractivity contribution >= 4 is 23.4 Å². The van der Waals surface area contributed by atoms with Crippen LogP contribution < -0.4 is 9.80 Å². The highest BCUT2D eigenvalue weighted by Gasteiger charge is 2.38. The lowest BCUT2D eigenvalue weighted by Crippen LogP contribution is -2.53. The zero-order valence-electron chi connectivity index (χ0n) is 18.1. The lowest BCUT2D eigenvalue weighted by atomic mass is 10.00. The minimum Gasteiger partial charge on any atom is -0.449 e. The summed E-state index contributed by atoms with van der Waals surface area (Å²) in [6.45, 7) is 12.6. The molecule has 1 unspecified atom stereocenters. The summed E-state index contributed by atoms with van der Waals surface area (Å²) in [7, 11) is 0. The normalized spacial score (nSPS) is 16.2. The Morgan fingerprint density at radius 2 is 1.83 bits per heavy atom. The molecule has 1 aromatic heterocycles. The van der Waals surface area contributed by atoms with Gasteiger partial charge < -0.3 is 9.64 Å². The zero-order valence-corrected chi connectivity index (χ0v) is 18.1. The van der Waals surface area contributed by atoms with E-state index in [9.17, 15) is 9.59 Å². The average Bonchev–Trinajstić information content (AvgIpc) is 3.18. The molecule has 7 nitrogen and oxygen atoms in total. The Labute approximate surface area is 172 Å². The molecule has 1 atom stereocenters. The molecule has 1 N–H and O–H groups in total. The van der Waals surface area contributed by atoms with Crippen molar-refractivity contribution in [3.63, 3.8) is 0 Å². The highest BCUT2D eigenvalue weighted by Crippen LogP contribution is 2.39. The molecule has 2 aromatic rings. The van der Waals surface area contributed by atoms with E-state index < -0.39 is 0 Å². The van der Waals surface area contributed by atoms with Gasteiger partial charge in [0.05, 0.1) is 29.7 Å². The third-order valence-corrected chi connectivity index (χ3v) is 5.50. The average molecular weight is 399 g/mol. The van der Waals surface area contributed by atoms with Gasteiger partial charge in [-0.3, -0.25) is 14.8 Å². The van der Waals surface area contributed by atoms with E-state index in [-0.39, 0.29) is 24.0 Å². The molecule has 0 bridgehead atoms. The van der Waals surface area contributed by atoms with E-state index in [0.29, 0.717) is 31.0 Å². The molecular formula is C22H30N4O3. The standard InChI is InChI=1S/C22H30N4O3/c1-7-16-12-25(21(27)18-11-17(13(3)4)23-24-18)19-9-14(5)15(6)10-20(19)26(16)22(28)29-8-2/h9-11,13,16H,7-8,12H2,1-6H3,(H,23,24). The predicted octanol–water partition coefficient (Wildman–Crippen LogP) is 4.55. The van der Waals surface area contributed by atoms with Crippen LogP contribution in [0.1, 0.15) is 67.3 Å². The summed E-state index contributed by atoms with van der Waals surface area (Å²) in [6.07, 6.45) is 0.328. The van der Waals surface area contributed by atoms with E-state index in [1.807, 2.05) is 52.8 Å². The van der Waals surface area contributed by atoms with Gasteiger partial charge in [-0.05, 0) is 62.4 Å². The van der Waals surface area contributed by atoms with Crippen LogP contribution in [0.3, 0.4) is 0 Å². The van der Waals surface area contributed by atoms with E-state index in [1.165, 1.54) is 0 Å². The van der Waals surface area contributed by atoms with Crippen LogP contribution in [-0.2, 0) is 4.74 Å². The van der Waals surface area contributed by atoms with Crippen molar-refractivity contribution in [1.29, 1.82) is 0 Å². The number of aryl methyl sites for hydroxylation is 2. The lowest BCUT2D eigenvalue weighted by molar-refractivity contribution is 0.0976. The van der Waals surface area contributed by atoms with Crippen LogP contribution in [-0.4, -0.2) is 41.4 Å². The number of H-pyrrole nitrogens is 1. The molecule has 2 heterocycles. The number of hydrogen-bond donors (Lipinski definition) is 1. The van der Waals surface area contributed by atoms with E-state index in [4.69, 9.17) is 4.74 Å². The first-order valence-electron chi connectivity index (χ1n) is 10.2. The van der Waals surface area contributed by atoms with Crippen LogP contribution >= 0.6 is 0 Å². The maximum Gasteiger partial charge on any atom is 0.414 e. The number of fused-ring (bicyclic) bond motifs is 1. The summed E-state index contributed by atoms with van der Waals surface area (Å²) in [5, 5.41) is 7.15. The molecule has 156 valence electrons. The van der Waals surface area contributed by atoms with Gasteiger partial charge in [-0.15, -0.1) is 0 Å². The Morgan fingerprint density at radius 3 is 2.38 bits per heavy atom. The highest BCUT2D eigenvalue weighted by molar-refractivity contribution is 6.09. The summed E-state index contributed by atoms with van der Waals surface area (Å²) in [5.74, 6) is 0.0879. The number of hydrogen-bond acceptors (Lipinski definition) is 4. The van der Waals surface area contributed by atoms with Crippen LogP contribution in [0.25, 0.3) is 0 Å². The van der Waals surface area contributed by atoms with Gasteiger partial charge in [0, 0.05) is 6.54 Å². The quantitative estimate of drug-likeness (QED) is 0.819. The maximum atomic E-state index is 13.4. The van der Waals surface area contributed by atoms with Crippen LogP contribution in [0.4, 0.5) is 16.2 Å². The summed E-state index contributed by atoms with van der Waals surface area (Å²) < 4.78 is 5.32. The topological polar surface area (TPSA) is 78.5 Å². The number of nitrogens with one attached hydrogen (secondary N) is 1. The van der Waals surface area contributed by atoms with E-state index in [0.717, 1.165) is 22.5 Å². The minimum atomic E-state index is -0.375. The van der Waals surface area contributed by atoms with Crippen molar-refractivity contribution in [2.24, 2.45) is 0 Å². The van der Waals surface area contributed by atoms with Gasteiger partial charge in [0.25, 0.3) is 5.91 Å². The number of aromatic nitrogens is 2. The number of anilines is 2. The van der Waals surface area contributed by atoms with E-state index in [2.05, 4.69) is 10.2 Å². The fraction of sp³-hybridized carbons (Fsp3) is 0.500. The molecular weight excluding hydrogens is 368 g/mol. The van der Waals surface area contributed by atoms with Crippen molar-refractivity contribution in [2.45, 2.75) is 59.9 Å². The first-order chi connectivity index (χ1) is 13.8. The molecule has 3 rings (SSSR count). The molecule has 0 saturated carbocycles. The van der Waals surface area contributed by atoms with Gasteiger partial charge >= 0.3 is 6.09 Å². The first-order valence-corrected chi connectivity index (χ1v) is 10.2. The van der Waals surface area contributed by atoms with Gasteiger partial charge in [-0.1, -0.05) is 20.8 Å². The molecule has 0 spiro atoms.